The minimum atomic E-state index is 0.350. The summed E-state index contributed by atoms with van der Waals surface area (Å²) >= 11 is 11.4. The minimum Gasteiger partial charge on any atom is -0.382 e. The van der Waals surface area contributed by atoms with E-state index >= 15 is 0 Å². The van der Waals surface area contributed by atoms with Gasteiger partial charge in [0.05, 0.1) is 5.69 Å². The van der Waals surface area contributed by atoms with Crippen LogP contribution in [0.25, 0.3) is 0 Å². The Labute approximate surface area is 87.5 Å². The maximum absolute atomic E-state index is 5.78. The highest BCUT2D eigenvalue weighted by atomic mass is 35.5. The van der Waals surface area contributed by atoms with Crippen molar-refractivity contribution in [3.63, 3.8) is 0 Å². The molecule has 1 N–H and O–H groups in total. The quantitative estimate of drug-likeness (QED) is 0.792. The fourth-order valence-corrected chi connectivity index (χ4v) is 1.18. The minimum absolute atomic E-state index is 0.350. The van der Waals surface area contributed by atoms with Crippen LogP contribution in [0, 0.1) is 0 Å². The molecule has 5 heteroatoms. The molecule has 13 heavy (non-hydrogen) atoms. The molecule has 1 aromatic rings. The smallest absolute Gasteiger partial charge is 0.174 e. The van der Waals surface area contributed by atoms with Crippen molar-refractivity contribution in [2.24, 2.45) is 0 Å². The van der Waals surface area contributed by atoms with Gasteiger partial charge < -0.3 is 5.32 Å². The van der Waals surface area contributed by atoms with E-state index in [4.69, 9.17) is 23.2 Å². The number of halogens is 2. The van der Waals surface area contributed by atoms with Gasteiger partial charge in [0.15, 0.2) is 10.3 Å². The number of hydrogen-bond donors (Lipinski definition) is 1. The first-order chi connectivity index (χ1) is 6.24. The molecule has 0 spiro atoms. The van der Waals surface area contributed by atoms with Crippen LogP contribution in [0.15, 0.2) is 6.07 Å². The van der Waals surface area contributed by atoms with Gasteiger partial charge in [-0.05, 0) is 6.42 Å². The van der Waals surface area contributed by atoms with Gasteiger partial charge >= 0.3 is 0 Å². The molecule has 0 aliphatic heterocycles. The van der Waals surface area contributed by atoms with Gasteiger partial charge in [0.25, 0.3) is 0 Å². The molecule has 0 saturated carbocycles. The first-order valence-electron chi connectivity index (χ1n) is 4.16. The van der Waals surface area contributed by atoms with Crippen LogP contribution in [-0.4, -0.2) is 16.7 Å². The number of nitrogens with zero attached hydrogens (tertiary/aromatic N) is 2. The summed E-state index contributed by atoms with van der Waals surface area (Å²) in [7, 11) is 0. The Balaban J connectivity index is 2.59. The van der Waals surface area contributed by atoms with Crippen molar-refractivity contribution in [2.45, 2.75) is 19.8 Å². The summed E-state index contributed by atoms with van der Waals surface area (Å²) < 4.78 is 0. The van der Waals surface area contributed by atoms with E-state index in [1.165, 1.54) is 0 Å². The third-order valence-electron chi connectivity index (χ3n) is 1.56. The second-order valence-electron chi connectivity index (χ2n) is 2.65. The highest BCUT2D eigenvalue weighted by molar-refractivity contribution is 6.33. The number of aromatic nitrogens is 2. The fourth-order valence-electron chi connectivity index (χ4n) is 0.877. The molecule has 0 amide bonds. The SMILES string of the molecule is CCCCNc1cc(Cl)nnc1Cl. The van der Waals surface area contributed by atoms with Crippen LogP contribution in [0.2, 0.25) is 10.3 Å². The molecule has 1 heterocycles. The average Bonchev–Trinajstić information content (AvgIpc) is 2.11. The lowest BCUT2D eigenvalue weighted by atomic mass is 10.3. The topological polar surface area (TPSA) is 37.8 Å². The van der Waals surface area contributed by atoms with Gasteiger partial charge in [-0.3, -0.25) is 0 Å². The Morgan fingerprint density at radius 2 is 2.15 bits per heavy atom. The summed E-state index contributed by atoms with van der Waals surface area (Å²) in [4.78, 5) is 0. The lowest BCUT2D eigenvalue weighted by molar-refractivity contribution is 0.832. The van der Waals surface area contributed by atoms with Gasteiger partial charge in [-0.2, -0.15) is 0 Å². The van der Waals surface area contributed by atoms with Crippen molar-refractivity contribution in [2.75, 3.05) is 11.9 Å². The van der Waals surface area contributed by atoms with Crippen molar-refractivity contribution in [3.05, 3.63) is 16.4 Å². The number of hydrogen-bond acceptors (Lipinski definition) is 3. The molecule has 0 fully saturated rings. The Bertz CT molecular complexity index is 278. The molecule has 1 rings (SSSR count). The van der Waals surface area contributed by atoms with Gasteiger partial charge in [0, 0.05) is 12.6 Å². The summed E-state index contributed by atoms with van der Waals surface area (Å²) in [5, 5.41) is 11.1. The highest BCUT2D eigenvalue weighted by Crippen LogP contribution is 2.20. The maximum Gasteiger partial charge on any atom is 0.174 e. The Morgan fingerprint density at radius 1 is 1.38 bits per heavy atom. The summed E-state index contributed by atoms with van der Waals surface area (Å²) in [6.45, 7) is 3.00. The second-order valence-corrected chi connectivity index (χ2v) is 3.40. The number of rotatable bonds is 4. The highest BCUT2D eigenvalue weighted by Gasteiger charge is 2.02. The van der Waals surface area contributed by atoms with Gasteiger partial charge in [0.2, 0.25) is 0 Å². The van der Waals surface area contributed by atoms with Crippen molar-refractivity contribution < 1.29 is 0 Å². The Hall–Kier alpha value is -0.540. The third-order valence-corrected chi connectivity index (χ3v) is 2.03. The van der Waals surface area contributed by atoms with Crippen LogP contribution >= 0.6 is 23.2 Å². The molecule has 72 valence electrons. The number of unbranched alkanes of at least 4 members (excludes halogenated alkanes) is 1. The molecular weight excluding hydrogens is 209 g/mol. The van der Waals surface area contributed by atoms with Crippen molar-refractivity contribution in [1.29, 1.82) is 0 Å². The molecule has 0 aliphatic rings. The largest absolute Gasteiger partial charge is 0.382 e. The van der Waals surface area contributed by atoms with E-state index in [-0.39, 0.29) is 0 Å². The van der Waals surface area contributed by atoms with Crippen molar-refractivity contribution >= 4 is 28.9 Å². The van der Waals surface area contributed by atoms with Gasteiger partial charge in [-0.25, -0.2) is 0 Å². The lowest BCUT2D eigenvalue weighted by Crippen LogP contribution is -2.02. The molecule has 0 saturated heterocycles. The number of nitrogens with one attached hydrogen (secondary N) is 1. The van der Waals surface area contributed by atoms with Crippen LogP contribution in [0.5, 0.6) is 0 Å². The first-order valence-corrected chi connectivity index (χ1v) is 4.92. The Kier molecular flexibility index (Phi) is 4.25. The molecule has 0 bridgehead atoms. The van der Waals surface area contributed by atoms with E-state index in [0.29, 0.717) is 10.3 Å². The van der Waals surface area contributed by atoms with Crippen molar-refractivity contribution in [3.8, 4) is 0 Å². The predicted molar refractivity (Wildman–Crippen MR) is 55.4 cm³/mol. The summed E-state index contributed by atoms with van der Waals surface area (Å²) in [6, 6.07) is 1.67. The molecule has 0 aromatic carbocycles. The lowest BCUT2D eigenvalue weighted by Gasteiger charge is -2.05. The van der Waals surface area contributed by atoms with E-state index < -0.39 is 0 Å². The fraction of sp³-hybridized carbons (Fsp3) is 0.500. The van der Waals surface area contributed by atoms with Gasteiger partial charge in [0.1, 0.15) is 0 Å². The third kappa shape index (κ3) is 3.36. The summed E-state index contributed by atoms with van der Waals surface area (Å²) in [6.07, 6.45) is 2.23. The van der Waals surface area contributed by atoms with E-state index in [1.807, 2.05) is 0 Å². The molecule has 0 radical (unpaired) electrons. The van der Waals surface area contributed by atoms with E-state index in [9.17, 15) is 0 Å². The van der Waals surface area contributed by atoms with Crippen LogP contribution in [0.3, 0.4) is 0 Å². The van der Waals surface area contributed by atoms with Gasteiger partial charge in [-0.15, -0.1) is 10.2 Å². The standard InChI is InChI=1S/C8H11Cl2N3/c1-2-3-4-11-6-5-7(9)12-13-8(6)10/h5H,2-4H2,1H3,(H,11,12). The first kappa shape index (κ1) is 10.5. The molecule has 0 atom stereocenters. The van der Waals surface area contributed by atoms with Crippen LogP contribution in [0.1, 0.15) is 19.8 Å². The zero-order valence-electron chi connectivity index (χ0n) is 7.35. The predicted octanol–water partition coefficient (Wildman–Crippen LogP) is 3.00. The summed E-state index contributed by atoms with van der Waals surface area (Å²) in [5.41, 5.74) is 0.745. The monoisotopic (exact) mass is 219 g/mol. The average molecular weight is 220 g/mol. The van der Waals surface area contributed by atoms with E-state index in [0.717, 1.165) is 25.1 Å². The number of anilines is 1. The van der Waals surface area contributed by atoms with Crippen LogP contribution in [0.4, 0.5) is 5.69 Å². The van der Waals surface area contributed by atoms with Gasteiger partial charge in [-0.1, -0.05) is 36.5 Å². The zero-order valence-corrected chi connectivity index (χ0v) is 8.86. The molecule has 0 unspecified atom stereocenters. The molecule has 0 aliphatic carbocycles. The van der Waals surface area contributed by atoms with Crippen LogP contribution < -0.4 is 5.32 Å². The maximum atomic E-state index is 5.78. The van der Waals surface area contributed by atoms with E-state index in [1.54, 1.807) is 6.07 Å². The molecule has 1 aromatic heterocycles. The normalized spacial score (nSPS) is 10.1. The van der Waals surface area contributed by atoms with E-state index in [2.05, 4.69) is 22.4 Å². The molecule has 3 nitrogen and oxygen atoms in total. The molecular formula is C8H11Cl2N3. The van der Waals surface area contributed by atoms with Crippen molar-refractivity contribution in [1.82, 2.24) is 10.2 Å². The summed E-state index contributed by atoms with van der Waals surface area (Å²) in [5.74, 6) is 0. The second kappa shape index (κ2) is 5.25. The zero-order chi connectivity index (χ0) is 9.68. The van der Waals surface area contributed by atoms with Crippen LogP contribution in [-0.2, 0) is 0 Å². The Morgan fingerprint density at radius 3 is 2.85 bits per heavy atom.